The second kappa shape index (κ2) is 7.20. The SMILES string of the molecule is Fc1ccc(CCNc2nccc(N3CCCCC3)n2)cc1. The van der Waals surface area contributed by atoms with Crippen LogP contribution in [0.15, 0.2) is 36.5 Å². The predicted octanol–water partition coefficient (Wildman–Crippen LogP) is 3.26. The molecule has 0 spiro atoms. The van der Waals surface area contributed by atoms with Crippen molar-refractivity contribution in [2.45, 2.75) is 25.7 Å². The van der Waals surface area contributed by atoms with Crippen molar-refractivity contribution in [2.24, 2.45) is 0 Å². The lowest BCUT2D eigenvalue weighted by Gasteiger charge is -2.27. The summed E-state index contributed by atoms with van der Waals surface area (Å²) in [5.74, 6) is 1.46. The van der Waals surface area contributed by atoms with E-state index in [9.17, 15) is 4.39 Å². The molecule has 0 atom stereocenters. The Kier molecular flexibility index (Phi) is 4.83. The van der Waals surface area contributed by atoms with Gasteiger partial charge in [0.05, 0.1) is 0 Å². The normalized spacial score (nSPS) is 14.9. The zero-order valence-corrected chi connectivity index (χ0v) is 12.6. The van der Waals surface area contributed by atoms with Crippen LogP contribution in [-0.4, -0.2) is 29.6 Å². The second-order valence-electron chi connectivity index (χ2n) is 5.59. The van der Waals surface area contributed by atoms with E-state index in [1.807, 2.05) is 18.2 Å². The number of nitrogens with one attached hydrogen (secondary N) is 1. The third kappa shape index (κ3) is 3.93. The molecule has 0 saturated carbocycles. The maximum Gasteiger partial charge on any atom is 0.224 e. The van der Waals surface area contributed by atoms with Crippen LogP contribution in [-0.2, 0) is 6.42 Å². The van der Waals surface area contributed by atoms with Crippen LogP contribution in [0.5, 0.6) is 0 Å². The largest absolute Gasteiger partial charge is 0.356 e. The van der Waals surface area contributed by atoms with Crippen molar-refractivity contribution in [3.63, 3.8) is 0 Å². The van der Waals surface area contributed by atoms with Gasteiger partial charge in [-0.2, -0.15) is 4.98 Å². The lowest BCUT2D eigenvalue weighted by atomic mass is 10.1. The molecule has 1 saturated heterocycles. The fourth-order valence-electron chi connectivity index (χ4n) is 2.70. The molecule has 1 aromatic heterocycles. The molecule has 1 N–H and O–H groups in total. The molecule has 0 unspecified atom stereocenters. The summed E-state index contributed by atoms with van der Waals surface area (Å²) in [5, 5.41) is 3.24. The summed E-state index contributed by atoms with van der Waals surface area (Å²) in [6.07, 6.45) is 6.40. The van der Waals surface area contributed by atoms with E-state index in [0.717, 1.165) is 37.4 Å². The fourth-order valence-corrected chi connectivity index (χ4v) is 2.70. The van der Waals surface area contributed by atoms with Crippen LogP contribution in [0, 0.1) is 5.82 Å². The number of halogens is 1. The highest BCUT2D eigenvalue weighted by molar-refractivity contribution is 5.42. The standard InChI is InChI=1S/C17H21FN4/c18-15-6-4-14(5-7-15)8-10-19-17-20-11-9-16(21-17)22-12-2-1-3-13-22/h4-7,9,11H,1-3,8,10,12-13H2,(H,19,20,21). The molecule has 1 aliphatic heterocycles. The highest BCUT2D eigenvalue weighted by Crippen LogP contribution is 2.18. The van der Waals surface area contributed by atoms with Crippen LogP contribution in [0.25, 0.3) is 0 Å². The molecular formula is C17H21FN4. The lowest BCUT2D eigenvalue weighted by Crippen LogP contribution is -2.30. The third-order valence-corrected chi connectivity index (χ3v) is 3.93. The summed E-state index contributed by atoms with van der Waals surface area (Å²) in [7, 11) is 0. The minimum absolute atomic E-state index is 0.200. The Morgan fingerprint density at radius 3 is 2.59 bits per heavy atom. The highest BCUT2D eigenvalue weighted by atomic mass is 19.1. The van der Waals surface area contributed by atoms with E-state index in [4.69, 9.17) is 0 Å². The molecular weight excluding hydrogens is 279 g/mol. The first kappa shape index (κ1) is 14.8. The number of anilines is 2. The van der Waals surface area contributed by atoms with Gasteiger partial charge in [-0.1, -0.05) is 12.1 Å². The molecule has 1 aromatic carbocycles. The molecule has 3 rings (SSSR count). The fraction of sp³-hybridized carbons (Fsp3) is 0.412. The first-order valence-electron chi connectivity index (χ1n) is 7.87. The maximum atomic E-state index is 12.9. The van der Waals surface area contributed by atoms with E-state index >= 15 is 0 Å². The van der Waals surface area contributed by atoms with Gasteiger partial charge in [0.2, 0.25) is 5.95 Å². The topological polar surface area (TPSA) is 41.1 Å². The molecule has 22 heavy (non-hydrogen) atoms. The van der Waals surface area contributed by atoms with Crippen molar-refractivity contribution >= 4 is 11.8 Å². The summed E-state index contributed by atoms with van der Waals surface area (Å²) in [6.45, 7) is 2.88. The number of aromatic nitrogens is 2. The van der Waals surface area contributed by atoms with Gasteiger partial charge in [-0.25, -0.2) is 9.37 Å². The highest BCUT2D eigenvalue weighted by Gasteiger charge is 2.12. The summed E-state index contributed by atoms with van der Waals surface area (Å²) < 4.78 is 12.9. The number of benzene rings is 1. The molecule has 0 radical (unpaired) electrons. The number of nitrogens with zero attached hydrogens (tertiary/aromatic N) is 3. The van der Waals surface area contributed by atoms with E-state index in [2.05, 4.69) is 20.2 Å². The summed E-state index contributed by atoms with van der Waals surface area (Å²) in [5.41, 5.74) is 1.10. The monoisotopic (exact) mass is 300 g/mol. The van der Waals surface area contributed by atoms with Crippen molar-refractivity contribution in [1.29, 1.82) is 0 Å². The smallest absolute Gasteiger partial charge is 0.224 e. The molecule has 5 heteroatoms. The zero-order valence-electron chi connectivity index (χ0n) is 12.6. The van der Waals surface area contributed by atoms with Crippen LogP contribution < -0.4 is 10.2 Å². The Morgan fingerprint density at radius 2 is 1.82 bits per heavy atom. The molecule has 4 nitrogen and oxygen atoms in total. The van der Waals surface area contributed by atoms with Gasteiger partial charge in [0.25, 0.3) is 0 Å². The molecule has 0 bridgehead atoms. The van der Waals surface area contributed by atoms with Crippen molar-refractivity contribution in [3.8, 4) is 0 Å². The number of hydrogen-bond acceptors (Lipinski definition) is 4. The molecule has 2 heterocycles. The van der Waals surface area contributed by atoms with Gasteiger partial charge in [-0.3, -0.25) is 0 Å². The van der Waals surface area contributed by atoms with Crippen molar-refractivity contribution < 1.29 is 4.39 Å². The Balaban J connectivity index is 1.55. The maximum absolute atomic E-state index is 12.9. The van der Waals surface area contributed by atoms with E-state index in [1.165, 1.54) is 31.4 Å². The van der Waals surface area contributed by atoms with E-state index in [-0.39, 0.29) is 5.82 Å². The average Bonchev–Trinajstić information content (AvgIpc) is 2.58. The molecule has 116 valence electrons. The van der Waals surface area contributed by atoms with Gasteiger partial charge in [0.15, 0.2) is 0 Å². The lowest BCUT2D eigenvalue weighted by molar-refractivity contribution is 0.573. The third-order valence-electron chi connectivity index (χ3n) is 3.93. The molecule has 2 aromatic rings. The second-order valence-corrected chi connectivity index (χ2v) is 5.59. The van der Waals surface area contributed by atoms with E-state index in [1.54, 1.807) is 6.20 Å². The Morgan fingerprint density at radius 1 is 1.05 bits per heavy atom. The van der Waals surface area contributed by atoms with Crippen LogP contribution in [0.3, 0.4) is 0 Å². The molecule has 1 aliphatic rings. The van der Waals surface area contributed by atoms with Gasteiger partial charge < -0.3 is 10.2 Å². The van der Waals surface area contributed by atoms with Crippen molar-refractivity contribution in [1.82, 2.24) is 9.97 Å². The van der Waals surface area contributed by atoms with Crippen molar-refractivity contribution in [3.05, 3.63) is 47.9 Å². The van der Waals surface area contributed by atoms with E-state index in [0.29, 0.717) is 5.95 Å². The summed E-state index contributed by atoms with van der Waals surface area (Å²) >= 11 is 0. The molecule has 1 fully saturated rings. The molecule has 0 aliphatic carbocycles. The first-order valence-corrected chi connectivity index (χ1v) is 7.87. The number of piperidine rings is 1. The van der Waals surface area contributed by atoms with Gasteiger partial charge in [-0.15, -0.1) is 0 Å². The predicted molar refractivity (Wildman–Crippen MR) is 86.7 cm³/mol. The van der Waals surface area contributed by atoms with Crippen LogP contribution in [0.2, 0.25) is 0 Å². The van der Waals surface area contributed by atoms with E-state index < -0.39 is 0 Å². The minimum atomic E-state index is -0.200. The summed E-state index contributed by atoms with van der Waals surface area (Å²) in [4.78, 5) is 11.2. The Bertz CT molecular complexity index is 594. The number of rotatable bonds is 5. The summed E-state index contributed by atoms with van der Waals surface area (Å²) in [6, 6.07) is 8.56. The Hall–Kier alpha value is -2.17. The quantitative estimate of drug-likeness (QED) is 0.920. The van der Waals surface area contributed by atoms with Crippen molar-refractivity contribution in [2.75, 3.05) is 29.9 Å². The van der Waals surface area contributed by atoms with Crippen LogP contribution in [0.1, 0.15) is 24.8 Å². The van der Waals surface area contributed by atoms with Gasteiger partial charge in [-0.05, 0) is 49.4 Å². The minimum Gasteiger partial charge on any atom is -0.356 e. The van der Waals surface area contributed by atoms with Gasteiger partial charge in [0, 0.05) is 25.8 Å². The van der Waals surface area contributed by atoms with Crippen LogP contribution in [0.4, 0.5) is 16.2 Å². The Labute approximate surface area is 130 Å². The number of hydrogen-bond donors (Lipinski definition) is 1. The van der Waals surface area contributed by atoms with Crippen LogP contribution >= 0.6 is 0 Å². The van der Waals surface area contributed by atoms with Gasteiger partial charge in [0.1, 0.15) is 11.6 Å². The first-order chi connectivity index (χ1) is 10.8. The van der Waals surface area contributed by atoms with Gasteiger partial charge >= 0.3 is 0 Å². The molecule has 0 amide bonds. The average molecular weight is 300 g/mol. The zero-order chi connectivity index (χ0) is 15.2.